The van der Waals surface area contributed by atoms with Crippen molar-refractivity contribution in [3.8, 4) is 0 Å². The van der Waals surface area contributed by atoms with Crippen LogP contribution in [0.15, 0.2) is 17.9 Å². The van der Waals surface area contributed by atoms with E-state index in [-0.39, 0.29) is 0 Å². The van der Waals surface area contributed by atoms with Gasteiger partial charge in [0, 0.05) is 0 Å². The Labute approximate surface area is 50.9 Å². The van der Waals surface area contributed by atoms with Crippen molar-refractivity contribution in [3.63, 3.8) is 0 Å². The van der Waals surface area contributed by atoms with E-state index in [2.05, 4.69) is 12.7 Å². The second kappa shape index (κ2) is 6.48. The highest BCUT2D eigenvalue weighted by molar-refractivity contribution is 4.83. The van der Waals surface area contributed by atoms with Crippen LogP contribution in [0, 0.1) is 0 Å². The Hall–Kier alpha value is -0.520. The predicted octanol–water partition coefficient (Wildman–Crippen LogP) is 1.46. The van der Waals surface area contributed by atoms with Crippen LogP contribution >= 0.6 is 0 Å². The molecule has 1 heteroatoms. The highest BCUT2D eigenvalue weighted by Crippen LogP contribution is 1.77. The van der Waals surface area contributed by atoms with Crippen LogP contribution in [0.2, 0.25) is 0 Å². The minimum atomic E-state index is 0.727. The largest absolute Gasteiger partial charge is 0.330 e. The maximum atomic E-state index is 5.23. The number of nitrogens with two attached hydrogens (primary N) is 1. The molecule has 0 saturated heterocycles. The van der Waals surface area contributed by atoms with Crippen LogP contribution in [-0.4, -0.2) is 6.54 Å². The third-order valence-electron chi connectivity index (χ3n) is 0.751. The van der Waals surface area contributed by atoms with E-state index in [0.717, 1.165) is 19.4 Å². The molecule has 1 nitrogen and oxygen atoms in total. The quantitative estimate of drug-likeness (QED) is 0.548. The van der Waals surface area contributed by atoms with Crippen molar-refractivity contribution in [1.82, 2.24) is 0 Å². The maximum absolute atomic E-state index is 5.23. The van der Waals surface area contributed by atoms with E-state index in [4.69, 9.17) is 5.73 Å². The van der Waals surface area contributed by atoms with Crippen molar-refractivity contribution in [2.75, 3.05) is 6.54 Å². The van der Waals surface area contributed by atoms with Gasteiger partial charge in [-0.15, -0.1) is 5.73 Å². The first-order valence-corrected chi connectivity index (χ1v) is 3.01. The van der Waals surface area contributed by atoms with E-state index in [1.807, 2.05) is 12.2 Å². The van der Waals surface area contributed by atoms with Gasteiger partial charge in [-0.25, -0.2) is 0 Å². The summed E-state index contributed by atoms with van der Waals surface area (Å²) in [6, 6.07) is 0. The monoisotopic (exact) mass is 111 g/mol. The Bertz CT molecular complexity index is 88.6. The van der Waals surface area contributed by atoms with E-state index in [1.165, 1.54) is 0 Å². The molecule has 0 aromatic rings. The Morgan fingerprint density at radius 3 is 2.75 bits per heavy atom. The molecule has 0 bridgehead atoms. The molecule has 0 rings (SSSR count). The van der Waals surface area contributed by atoms with Gasteiger partial charge in [-0.3, -0.25) is 0 Å². The first-order valence-electron chi connectivity index (χ1n) is 3.01. The zero-order chi connectivity index (χ0) is 6.24. The van der Waals surface area contributed by atoms with Crippen molar-refractivity contribution < 1.29 is 0 Å². The molecule has 0 radical (unpaired) electrons. The minimum absolute atomic E-state index is 0.727. The van der Waals surface area contributed by atoms with Gasteiger partial charge in [-0.1, -0.05) is 6.92 Å². The number of hydrogen-bond acceptors (Lipinski definition) is 1. The second-order valence-corrected chi connectivity index (χ2v) is 1.56. The van der Waals surface area contributed by atoms with Crippen LogP contribution in [0.25, 0.3) is 0 Å². The maximum Gasteiger partial charge on any atom is -0.00365 e. The van der Waals surface area contributed by atoms with Crippen LogP contribution in [0.3, 0.4) is 0 Å². The van der Waals surface area contributed by atoms with Crippen LogP contribution in [-0.2, 0) is 0 Å². The Morgan fingerprint density at radius 2 is 2.25 bits per heavy atom. The fourth-order valence-corrected chi connectivity index (χ4v) is 0.368. The summed E-state index contributed by atoms with van der Waals surface area (Å²) in [7, 11) is 0. The molecule has 0 saturated carbocycles. The fourth-order valence-electron chi connectivity index (χ4n) is 0.368. The van der Waals surface area contributed by atoms with Gasteiger partial charge in [-0.2, -0.15) is 0 Å². The summed E-state index contributed by atoms with van der Waals surface area (Å²) in [6.45, 7) is 2.81. The van der Waals surface area contributed by atoms with Gasteiger partial charge in [0.25, 0.3) is 0 Å². The lowest BCUT2D eigenvalue weighted by atomic mass is 10.4. The highest BCUT2D eigenvalue weighted by atomic mass is 14.5. The summed E-state index contributed by atoms with van der Waals surface area (Å²) >= 11 is 0. The highest BCUT2D eigenvalue weighted by Gasteiger charge is 1.66. The van der Waals surface area contributed by atoms with Gasteiger partial charge in [0.05, 0.1) is 0 Å². The van der Waals surface area contributed by atoms with E-state index in [1.54, 1.807) is 0 Å². The predicted molar refractivity (Wildman–Crippen MR) is 36.6 cm³/mol. The number of rotatable bonds is 3. The molecule has 0 aliphatic heterocycles. The third kappa shape index (κ3) is 5.48. The molecule has 0 fully saturated rings. The molecule has 0 aliphatic rings. The lowest BCUT2D eigenvalue weighted by molar-refractivity contribution is 1.01. The van der Waals surface area contributed by atoms with Gasteiger partial charge in [-0.05, 0) is 31.5 Å². The van der Waals surface area contributed by atoms with E-state index in [9.17, 15) is 0 Å². The minimum Gasteiger partial charge on any atom is -0.330 e. The smallest absolute Gasteiger partial charge is 0.00365 e. The molecule has 0 heterocycles. The van der Waals surface area contributed by atoms with Crippen LogP contribution in [0.4, 0.5) is 0 Å². The first kappa shape index (κ1) is 7.48. The molecule has 0 aliphatic carbocycles. The van der Waals surface area contributed by atoms with Crippen molar-refractivity contribution in [2.45, 2.75) is 19.8 Å². The summed E-state index contributed by atoms with van der Waals surface area (Å²) in [5.74, 6) is 0. The average molecular weight is 111 g/mol. The van der Waals surface area contributed by atoms with Gasteiger partial charge < -0.3 is 5.73 Å². The van der Waals surface area contributed by atoms with E-state index < -0.39 is 0 Å². The summed E-state index contributed by atoms with van der Waals surface area (Å²) in [6.07, 6.45) is 5.96. The molecule has 0 amide bonds. The average Bonchev–Trinajstić information content (AvgIpc) is 1.81. The second-order valence-electron chi connectivity index (χ2n) is 1.56. The molecule has 0 aromatic carbocycles. The molecule has 8 heavy (non-hydrogen) atoms. The van der Waals surface area contributed by atoms with Gasteiger partial charge >= 0.3 is 0 Å². The van der Waals surface area contributed by atoms with Crippen molar-refractivity contribution in [1.29, 1.82) is 0 Å². The van der Waals surface area contributed by atoms with E-state index in [0.29, 0.717) is 0 Å². The van der Waals surface area contributed by atoms with E-state index >= 15 is 0 Å². The normalized spacial score (nSPS) is 7.75. The molecule has 0 aromatic heterocycles. The van der Waals surface area contributed by atoms with Crippen molar-refractivity contribution in [3.05, 3.63) is 17.9 Å². The Balaban J connectivity index is 3.18. The molecule has 0 spiro atoms. The van der Waals surface area contributed by atoms with Crippen LogP contribution < -0.4 is 5.73 Å². The summed E-state index contributed by atoms with van der Waals surface area (Å²) in [5.41, 5.74) is 8.23. The molecule has 0 unspecified atom stereocenters. The first-order chi connectivity index (χ1) is 3.91. The topological polar surface area (TPSA) is 26.0 Å². The molecular formula is C7H13N. The third-order valence-corrected chi connectivity index (χ3v) is 0.751. The SMILES string of the molecule is CCC=C=CCCN. The molecule has 0 atom stereocenters. The molecule has 2 N–H and O–H groups in total. The standard InChI is InChI=1S/C7H13N/c1-2-3-4-5-6-7-8/h3,5H,2,6-8H2,1H3. The summed E-state index contributed by atoms with van der Waals surface area (Å²) in [4.78, 5) is 0. The summed E-state index contributed by atoms with van der Waals surface area (Å²) < 4.78 is 0. The van der Waals surface area contributed by atoms with Crippen molar-refractivity contribution >= 4 is 0 Å². The number of hydrogen-bond donors (Lipinski definition) is 1. The Kier molecular flexibility index (Phi) is 6.06. The van der Waals surface area contributed by atoms with Crippen LogP contribution in [0.1, 0.15) is 19.8 Å². The van der Waals surface area contributed by atoms with Gasteiger partial charge in [0.15, 0.2) is 0 Å². The van der Waals surface area contributed by atoms with Crippen LogP contribution in [0.5, 0.6) is 0 Å². The fraction of sp³-hybridized carbons (Fsp3) is 0.571. The van der Waals surface area contributed by atoms with Crippen molar-refractivity contribution in [2.24, 2.45) is 5.73 Å². The lowest BCUT2D eigenvalue weighted by Crippen LogP contribution is -1.94. The zero-order valence-corrected chi connectivity index (χ0v) is 5.35. The van der Waals surface area contributed by atoms with Gasteiger partial charge in [0.1, 0.15) is 0 Å². The zero-order valence-electron chi connectivity index (χ0n) is 5.35. The summed E-state index contributed by atoms with van der Waals surface area (Å²) in [5, 5.41) is 0. The molecular weight excluding hydrogens is 98.1 g/mol. The Morgan fingerprint density at radius 1 is 1.50 bits per heavy atom. The lowest BCUT2D eigenvalue weighted by Gasteiger charge is -1.76. The van der Waals surface area contributed by atoms with Gasteiger partial charge in [0.2, 0.25) is 0 Å². The molecule has 46 valence electrons.